The molecule has 0 radical (unpaired) electrons. The van der Waals surface area contributed by atoms with Gasteiger partial charge in [-0.2, -0.15) is 0 Å². The number of likely N-dealkylation sites (tertiary alicyclic amines) is 1. The van der Waals surface area contributed by atoms with Crippen LogP contribution in [0.25, 0.3) is 22.3 Å². The van der Waals surface area contributed by atoms with Gasteiger partial charge in [0.1, 0.15) is 17.1 Å². The highest BCUT2D eigenvalue weighted by molar-refractivity contribution is 6.11. The Hall–Kier alpha value is -3.48. The van der Waals surface area contributed by atoms with Gasteiger partial charge in [0.2, 0.25) is 0 Å². The van der Waals surface area contributed by atoms with E-state index in [2.05, 4.69) is 5.32 Å². The lowest BCUT2D eigenvalue weighted by molar-refractivity contribution is 0.00791. The third kappa shape index (κ3) is 2.73. The molecule has 0 atom stereocenters. The number of rotatable bonds is 4. The second kappa shape index (κ2) is 6.79. The summed E-state index contributed by atoms with van der Waals surface area (Å²) in [5.41, 5.74) is 1.70. The molecular formula is C23H23N3O4. The van der Waals surface area contributed by atoms with Gasteiger partial charge in [0.05, 0.1) is 17.7 Å². The van der Waals surface area contributed by atoms with Crippen LogP contribution in [0.2, 0.25) is 0 Å². The van der Waals surface area contributed by atoms with Crippen LogP contribution < -0.4 is 10.1 Å². The van der Waals surface area contributed by atoms with Crippen molar-refractivity contribution in [1.29, 1.82) is 0 Å². The van der Waals surface area contributed by atoms with Crippen molar-refractivity contribution in [3.05, 3.63) is 54.1 Å². The zero-order valence-electron chi connectivity index (χ0n) is 17.0. The topological polar surface area (TPSA) is 75.0 Å². The molecule has 2 aliphatic rings. The Bertz CT molecular complexity index is 1130. The van der Waals surface area contributed by atoms with Gasteiger partial charge in [-0.1, -0.05) is 30.3 Å². The van der Waals surface area contributed by atoms with Gasteiger partial charge in [0.15, 0.2) is 0 Å². The third-order valence-electron chi connectivity index (χ3n) is 6.06. The number of fused-ring (bicyclic) bond motifs is 1. The summed E-state index contributed by atoms with van der Waals surface area (Å²) in [6.45, 7) is 4.01. The number of nitrogens with zero attached hydrogens (tertiary/aromatic N) is 2. The van der Waals surface area contributed by atoms with E-state index >= 15 is 0 Å². The minimum atomic E-state index is -0.324. The van der Waals surface area contributed by atoms with Crippen LogP contribution in [0.5, 0.6) is 5.75 Å². The van der Waals surface area contributed by atoms with Crippen molar-refractivity contribution < 1.29 is 18.7 Å². The molecule has 3 heterocycles. The molecule has 7 nitrogen and oxygen atoms in total. The van der Waals surface area contributed by atoms with Crippen molar-refractivity contribution in [1.82, 2.24) is 15.1 Å². The van der Waals surface area contributed by atoms with Crippen molar-refractivity contribution in [2.24, 2.45) is 0 Å². The van der Waals surface area contributed by atoms with E-state index in [1.165, 1.54) is 0 Å². The number of carbonyl (C=O) groups is 2. The maximum absolute atomic E-state index is 13.6. The first-order valence-corrected chi connectivity index (χ1v) is 10.1. The van der Waals surface area contributed by atoms with E-state index in [-0.39, 0.29) is 17.5 Å². The number of amides is 3. The van der Waals surface area contributed by atoms with Crippen molar-refractivity contribution in [3.8, 4) is 17.1 Å². The molecule has 1 spiro atoms. The Morgan fingerprint density at radius 2 is 1.97 bits per heavy atom. The Kier molecular flexibility index (Phi) is 4.20. The van der Waals surface area contributed by atoms with Crippen molar-refractivity contribution in [2.45, 2.75) is 12.5 Å². The molecule has 2 aliphatic heterocycles. The predicted octanol–water partition coefficient (Wildman–Crippen LogP) is 3.35. The lowest BCUT2D eigenvalue weighted by atomic mass is 9.88. The zero-order chi connectivity index (χ0) is 20.9. The normalized spacial score (nSPS) is 17.3. The number of nitrogens with one attached hydrogen (secondary N) is 1. The minimum absolute atomic E-state index is 0.0952. The van der Waals surface area contributed by atoms with Gasteiger partial charge in [-0.25, -0.2) is 4.79 Å². The first-order chi connectivity index (χ1) is 14.5. The van der Waals surface area contributed by atoms with Gasteiger partial charge in [0.25, 0.3) is 5.91 Å². The molecule has 0 saturated carbocycles. The maximum atomic E-state index is 13.6. The summed E-state index contributed by atoms with van der Waals surface area (Å²) in [6.07, 6.45) is 0. The highest BCUT2D eigenvalue weighted by Gasteiger charge is 2.54. The van der Waals surface area contributed by atoms with Gasteiger partial charge < -0.3 is 24.3 Å². The predicted molar refractivity (Wildman–Crippen MR) is 113 cm³/mol. The standard InChI is InChI=1S/C23H23N3O4/c1-3-29-16-9-10-18-17(11-16)19(20(30-18)15-7-5-4-6-8-15)21(27)26-13-23(14-26)12-24-22(28)25(23)2/h4-11H,3,12-14H2,1-2H3,(H,24,28). The summed E-state index contributed by atoms with van der Waals surface area (Å²) < 4.78 is 11.8. The molecule has 3 amide bonds. The molecule has 0 aliphatic carbocycles. The number of benzene rings is 2. The first kappa shape index (κ1) is 18.5. The fraction of sp³-hybridized carbons (Fsp3) is 0.304. The van der Waals surface area contributed by atoms with Crippen LogP contribution in [0.4, 0.5) is 4.79 Å². The van der Waals surface area contributed by atoms with E-state index in [1.807, 2.05) is 55.5 Å². The van der Waals surface area contributed by atoms with Crippen LogP contribution in [0.15, 0.2) is 52.9 Å². The van der Waals surface area contributed by atoms with E-state index in [0.717, 1.165) is 10.9 Å². The number of hydrogen-bond donors (Lipinski definition) is 1. The fourth-order valence-corrected chi connectivity index (χ4v) is 4.32. The van der Waals surface area contributed by atoms with Gasteiger partial charge in [-0.15, -0.1) is 0 Å². The monoisotopic (exact) mass is 405 g/mol. The average molecular weight is 405 g/mol. The second-order valence-corrected chi connectivity index (χ2v) is 7.87. The molecule has 5 rings (SSSR count). The highest BCUT2D eigenvalue weighted by Crippen LogP contribution is 2.39. The lowest BCUT2D eigenvalue weighted by Crippen LogP contribution is -2.70. The van der Waals surface area contributed by atoms with Crippen LogP contribution in [-0.4, -0.2) is 60.6 Å². The van der Waals surface area contributed by atoms with Gasteiger partial charge in [0, 0.05) is 37.6 Å². The van der Waals surface area contributed by atoms with Gasteiger partial charge >= 0.3 is 6.03 Å². The Morgan fingerprint density at radius 1 is 1.20 bits per heavy atom. The van der Waals surface area contributed by atoms with Crippen LogP contribution in [0.3, 0.4) is 0 Å². The summed E-state index contributed by atoms with van der Waals surface area (Å²) in [5, 5.41) is 3.59. The van der Waals surface area contributed by atoms with E-state index in [9.17, 15) is 9.59 Å². The largest absolute Gasteiger partial charge is 0.494 e. The molecule has 0 bridgehead atoms. The van der Waals surface area contributed by atoms with Crippen molar-refractivity contribution in [2.75, 3.05) is 33.3 Å². The smallest absolute Gasteiger partial charge is 0.317 e. The number of hydrogen-bond acceptors (Lipinski definition) is 4. The minimum Gasteiger partial charge on any atom is -0.494 e. The van der Waals surface area contributed by atoms with E-state index in [1.54, 1.807) is 16.8 Å². The van der Waals surface area contributed by atoms with Crippen LogP contribution >= 0.6 is 0 Å². The fourth-order valence-electron chi connectivity index (χ4n) is 4.32. The molecule has 1 N–H and O–H groups in total. The van der Waals surface area contributed by atoms with Crippen LogP contribution in [-0.2, 0) is 0 Å². The quantitative estimate of drug-likeness (QED) is 0.722. The number of ether oxygens (including phenoxy) is 1. The SMILES string of the molecule is CCOc1ccc2oc(-c3ccccc3)c(C(=O)N3CC4(CNC(=O)N4C)C3)c2c1. The first-order valence-electron chi connectivity index (χ1n) is 10.1. The molecule has 1 aromatic heterocycles. The van der Waals surface area contributed by atoms with Crippen LogP contribution in [0, 0.1) is 0 Å². The number of likely N-dealkylation sites (N-methyl/N-ethyl adjacent to an activating group) is 1. The third-order valence-corrected chi connectivity index (χ3v) is 6.06. The molecule has 7 heteroatoms. The highest BCUT2D eigenvalue weighted by atomic mass is 16.5. The number of urea groups is 1. The molecule has 30 heavy (non-hydrogen) atoms. The molecule has 154 valence electrons. The summed E-state index contributed by atoms with van der Waals surface area (Å²) in [5.74, 6) is 1.16. The summed E-state index contributed by atoms with van der Waals surface area (Å²) in [7, 11) is 1.78. The van der Waals surface area contributed by atoms with E-state index in [4.69, 9.17) is 9.15 Å². The zero-order valence-corrected chi connectivity index (χ0v) is 17.0. The maximum Gasteiger partial charge on any atom is 0.317 e. The van der Waals surface area contributed by atoms with Crippen LogP contribution in [0.1, 0.15) is 17.3 Å². The van der Waals surface area contributed by atoms with E-state index in [0.29, 0.717) is 48.9 Å². The average Bonchev–Trinajstić information content (AvgIpc) is 3.25. The van der Waals surface area contributed by atoms with Crippen molar-refractivity contribution in [3.63, 3.8) is 0 Å². The van der Waals surface area contributed by atoms with Gasteiger partial charge in [-0.3, -0.25) is 4.79 Å². The molecule has 2 aromatic carbocycles. The lowest BCUT2D eigenvalue weighted by Gasteiger charge is -2.50. The Labute approximate surface area is 174 Å². The molecule has 0 unspecified atom stereocenters. The molecule has 3 aromatic rings. The number of furan rings is 1. The molecule has 2 saturated heterocycles. The van der Waals surface area contributed by atoms with E-state index < -0.39 is 0 Å². The summed E-state index contributed by atoms with van der Waals surface area (Å²) in [4.78, 5) is 29.0. The summed E-state index contributed by atoms with van der Waals surface area (Å²) >= 11 is 0. The van der Waals surface area contributed by atoms with Crippen molar-refractivity contribution >= 4 is 22.9 Å². The van der Waals surface area contributed by atoms with Gasteiger partial charge in [-0.05, 0) is 25.1 Å². The second-order valence-electron chi connectivity index (χ2n) is 7.87. The molecular weight excluding hydrogens is 382 g/mol. The Morgan fingerprint density at radius 3 is 2.63 bits per heavy atom. The molecule has 2 fully saturated rings. The number of carbonyl (C=O) groups excluding carboxylic acids is 2. The summed E-state index contributed by atoms with van der Waals surface area (Å²) in [6, 6.07) is 15.1. The Balaban J connectivity index is 1.56.